The maximum atomic E-state index is 12.3. The topological polar surface area (TPSA) is 81.9 Å². The number of nitrogens with zero attached hydrogens (tertiary/aromatic N) is 4. The van der Waals surface area contributed by atoms with E-state index in [0.717, 1.165) is 11.4 Å². The number of ether oxygens (including phenoxy) is 1. The van der Waals surface area contributed by atoms with Gasteiger partial charge in [-0.25, -0.2) is 0 Å². The van der Waals surface area contributed by atoms with Crippen molar-refractivity contribution in [3.63, 3.8) is 0 Å². The Bertz CT molecular complexity index is 921. The van der Waals surface area contributed by atoms with Gasteiger partial charge in [0.2, 0.25) is 5.91 Å². The number of anilines is 1. The summed E-state index contributed by atoms with van der Waals surface area (Å²) in [6, 6.07) is 11.0. The van der Waals surface area contributed by atoms with Crippen LogP contribution in [0.25, 0.3) is 11.4 Å². The van der Waals surface area contributed by atoms with Gasteiger partial charge in [0.05, 0.1) is 7.11 Å². The van der Waals surface area contributed by atoms with Crippen molar-refractivity contribution in [3.05, 3.63) is 67.3 Å². The van der Waals surface area contributed by atoms with E-state index in [0.29, 0.717) is 36.6 Å². The number of benzene rings is 1. The molecule has 27 heavy (non-hydrogen) atoms. The number of nitrogens with one attached hydrogen (secondary N) is 1. The SMILES string of the molecule is C=CCn1c(CCC(=O)Nc2cccc(OC)c2)nnc1-c1cccnc1. The van der Waals surface area contributed by atoms with Crippen LogP contribution in [0.3, 0.4) is 0 Å². The molecule has 0 unspecified atom stereocenters. The minimum Gasteiger partial charge on any atom is -0.497 e. The maximum Gasteiger partial charge on any atom is 0.224 e. The van der Waals surface area contributed by atoms with Crippen LogP contribution < -0.4 is 10.1 Å². The monoisotopic (exact) mass is 363 g/mol. The lowest BCUT2D eigenvalue weighted by Crippen LogP contribution is -2.14. The Kier molecular flexibility index (Phi) is 5.94. The largest absolute Gasteiger partial charge is 0.497 e. The third-order valence-corrected chi connectivity index (χ3v) is 3.99. The van der Waals surface area contributed by atoms with Crippen LogP contribution in [-0.4, -0.2) is 32.8 Å². The van der Waals surface area contributed by atoms with Gasteiger partial charge >= 0.3 is 0 Å². The Hall–Kier alpha value is -3.48. The van der Waals surface area contributed by atoms with Gasteiger partial charge in [-0.2, -0.15) is 0 Å². The zero-order valence-corrected chi connectivity index (χ0v) is 15.1. The molecule has 0 aliphatic carbocycles. The second kappa shape index (κ2) is 8.75. The molecule has 0 atom stereocenters. The normalized spacial score (nSPS) is 10.4. The van der Waals surface area contributed by atoms with Crippen LogP contribution in [0.5, 0.6) is 5.75 Å². The third kappa shape index (κ3) is 4.58. The quantitative estimate of drug-likeness (QED) is 0.622. The molecule has 0 aliphatic rings. The van der Waals surface area contributed by atoms with Crippen LogP contribution in [0.15, 0.2) is 61.4 Å². The Labute approximate surface area is 157 Å². The van der Waals surface area contributed by atoms with Gasteiger partial charge in [-0.05, 0) is 24.3 Å². The molecule has 1 amide bonds. The molecule has 0 saturated heterocycles. The van der Waals surface area contributed by atoms with Gasteiger partial charge in [-0.3, -0.25) is 9.78 Å². The highest BCUT2D eigenvalue weighted by Crippen LogP contribution is 2.19. The van der Waals surface area contributed by atoms with Gasteiger partial charge in [0.15, 0.2) is 5.82 Å². The Morgan fingerprint density at radius 1 is 1.30 bits per heavy atom. The number of hydrogen-bond acceptors (Lipinski definition) is 5. The number of carbonyl (C=O) groups excluding carboxylic acids is 1. The van der Waals surface area contributed by atoms with Crippen LogP contribution in [0, 0.1) is 0 Å². The summed E-state index contributed by atoms with van der Waals surface area (Å²) >= 11 is 0. The predicted octanol–water partition coefficient (Wildman–Crippen LogP) is 3.11. The molecule has 7 nitrogen and oxygen atoms in total. The van der Waals surface area contributed by atoms with Crippen molar-refractivity contribution in [1.29, 1.82) is 0 Å². The summed E-state index contributed by atoms with van der Waals surface area (Å²) in [6.07, 6.45) is 5.99. The number of pyridine rings is 1. The van der Waals surface area contributed by atoms with Crippen LogP contribution in [0.2, 0.25) is 0 Å². The molecule has 2 aromatic heterocycles. The van der Waals surface area contributed by atoms with Gasteiger partial charge < -0.3 is 14.6 Å². The summed E-state index contributed by atoms with van der Waals surface area (Å²) in [5.41, 5.74) is 1.57. The van der Waals surface area contributed by atoms with E-state index in [1.165, 1.54) is 0 Å². The van der Waals surface area contributed by atoms with E-state index >= 15 is 0 Å². The van der Waals surface area contributed by atoms with Crippen molar-refractivity contribution in [3.8, 4) is 17.1 Å². The summed E-state index contributed by atoms with van der Waals surface area (Å²) in [6.45, 7) is 4.36. The number of methoxy groups -OCH3 is 1. The molecular formula is C20H21N5O2. The second-order valence-electron chi connectivity index (χ2n) is 5.86. The number of hydrogen-bond donors (Lipinski definition) is 1. The maximum absolute atomic E-state index is 12.3. The highest BCUT2D eigenvalue weighted by molar-refractivity contribution is 5.90. The summed E-state index contributed by atoms with van der Waals surface area (Å²) in [7, 11) is 1.59. The fourth-order valence-electron chi connectivity index (χ4n) is 2.70. The number of aryl methyl sites for hydroxylation is 1. The van der Waals surface area contributed by atoms with Crippen molar-refractivity contribution in [2.75, 3.05) is 12.4 Å². The van der Waals surface area contributed by atoms with E-state index in [9.17, 15) is 4.79 Å². The number of amides is 1. The van der Waals surface area contributed by atoms with Crippen molar-refractivity contribution in [2.24, 2.45) is 0 Å². The van der Waals surface area contributed by atoms with Crippen molar-refractivity contribution >= 4 is 11.6 Å². The van der Waals surface area contributed by atoms with Crippen molar-refractivity contribution in [2.45, 2.75) is 19.4 Å². The highest BCUT2D eigenvalue weighted by atomic mass is 16.5. The first-order chi connectivity index (χ1) is 13.2. The lowest BCUT2D eigenvalue weighted by molar-refractivity contribution is -0.116. The molecule has 2 heterocycles. The summed E-state index contributed by atoms with van der Waals surface area (Å²) in [4.78, 5) is 16.4. The van der Waals surface area contributed by atoms with E-state index < -0.39 is 0 Å². The molecule has 1 N–H and O–H groups in total. The van der Waals surface area contributed by atoms with Gasteiger partial charge in [-0.1, -0.05) is 12.1 Å². The summed E-state index contributed by atoms with van der Waals surface area (Å²) in [5, 5.41) is 11.4. The zero-order valence-electron chi connectivity index (χ0n) is 15.1. The van der Waals surface area contributed by atoms with Crippen molar-refractivity contribution in [1.82, 2.24) is 19.7 Å². The molecule has 0 bridgehead atoms. The molecule has 0 fully saturated rings. The Morgan fingerprint density at radius 3 is 2.93 bits per heavy atom. The first-order valence-electron chi connectivity index (χ1n) is 8.58. The minimum absolute atomic E-state index is 0.0978. The molecule has 0 aliphatic heterocycles. The second-order valence-corrected chi connectivity index (χ2v) is 5.86. The summed E-state index contributed by atoms with van der Waals surface area (Å²) in [5.74, 6) is 2.04. The van der Waals surface area contributed by atoms with E-state index in [1.807, 2.05) is 34.9 Å². The standard InChI is InChI=1S/C20H21N5O2/c1-3-12-25-18(23-24-20(25)15-6-5-11-21-14-15)9-10-19(26)22-16-7-4-8-17(13-16)27-2/h3-8,11,13-14H,1,9-10,12H2,2H3,(H,22,26). The number of aromatic nitrogens is 4. The minimum atomic E-state index is -0.0978. The van der Waals surface area contributed by atoms with Gasteiger partial charge in [0.25, 0.3) is 0 Å². The van der Waals surface area contributed by atoms with Crippen LogP contribution >= 0.6 is 0 Å². The zero-order chi connectivity index (χ0) is 19.1. The lowest BCUT2D eigenvalue weighted by Gasteiger charge is -2.09. The molecule has 138 valence electrons. The van der Waals surface area contributed by atoms with Crippen LogP contribution in [0.1, 0.15) is 12.2 Å². The van der Waals surface area contributed by atoms with Gasteiger partial charge in [-0.15, -0.1) is 16.8 Å². The van der Waals surface area contributed by atoms with E-state index in [1.54, 1.807) is 31.6 Å². The molecule has 1 aromatic carbocycles. The lowest BCUT2D eigenvalue weighted by atomic mass is 10.2. The molecule has 0 radical (unpaired) electrons. The third-order valence-electron chi connectivity index (χ3n) is 3.99. The van der Waals surface area contributed by atoms with Gasteiger partial charge in [0, 0.05) is 49.1 Å². The van der Waals surface area contributed by atoms with E-state index in [-0.39, 0.29) is 5.91 Å². The Balaban J connectivity index is 1.69. The molecule has 7 heteroatoms. The molecule has 0 saturated carbocycles. The highest BCUT2D eigenvalue weighted by Gasteiger charge is 2.14. The van der Waals surface area contributed by atoms with E-state index in [2.05, 4.69) is 27.1 Å². The Morgan fingerprint density at radius 2 is 2.19 bits per heavy atom. The predicted molar refractivity (Wildman–Crippen MR) is 103 cm³/mol. The smallest absolute Gasteiger partial charge is 0.224 e. The van der Waals surface area contributed by atoms with Crippen molar-refractivity contribution < 1.29 is 9.53 Å². The molecule has 3 aromatic rings. The average molecular weight is 363 g/mol. The van der Waals surface area contributed by atoms with Crippen LogP contribution in [-0.2, 0) is 17.8 Å². The van der Waals surface area contributed by atoms with Crippen LogP contribution in [0.4, 0.5) is 5.69 Å². The fraction of sp³-hybridized carbons (Fsp3) is 0.200. The molecule has 3 rings (SSSR count). The van der Waals surface area contributed by atoms with Gasteiger partial charge in [0.1, 0.15) is 11.6 Å². The van der Waals surface area contributed by atoms with E-state index in [4.69, 9.17) is 4.74 Å². The summed E-state index contributed by atoms with van der Waals surface area (Å²) < 4.78 is 7.11. The average Bonchev–Trinajstić information content (AvgIpc) is 3.10. The number of rotatable bonds is 8. The first kappa shape index (κ1) is 18.3. The molecule has 0 spiro atoms. The molecular weight excluding hydrogens is 342 g/mol. The first-order valence-corrected chi connectivity index (χ1v) is 8.58. The fourth-order valence-corrected chi connectivity index (χ4v) is 2.70. The number of allylic oxidation sites excluding steroid dienone is 1. The number of carbonyl (C=O) groups is 1.